The van der Waals surface area contributed by atoms with E-state index in [1.54, 1.807) is 12.2 Å². The Morgan fingerprint density at radius 2 is 1.23 bits per heavy atom. The molecule has 0 saturated carbocycles. The van der Waals surface area contributed by atoms with Crippen molar-refractivity contribution in [2.24, 2.45) is 0 Å². The van der Waals surface area contributed by atoms with E-state index in [9.17, 15) is 24.2 Å². The molecule has 0 radical (unpaired) electrons. The number of phosphoric ester groups is 1. The van der Waals surface area contributed by atoms with Crippen LogP contribution in [0.2, 0.25) is 0 Å². The van der Waals surface area contributed by atoms with Crippen LogP contribution < -0.4 is 4.89 Å². The van der Waals surface area contributed by atoms with Gasteiger partial charge in [0.15, 0.2) is 6.10 Å². The molecule has 3 atom stereocenters. The number of phosphoric acid groups is 1. The monoisotopic (exact) mass is 820 g/mol. The van der Waals surface area contributed by atoms with Gasteiger partial charge >= 0.3 is 11.9 Å². The molecule has 0 heterocycles. The van der Waals surface area contributed by atoms with Crippen LogP contribution in [0.25, 0.3) is 0 Å². The first kappa shape index (κ1) is 54.2. The van der Waals surface area contributed by atoms with Crippen LogP contribution >= 0.6 is 7.82 Å². The fourth-order valence-corrected chi connectivity index (χ4v) is 5.84. The second-order valence-corrected chi connectivity index (χ2v) is 16.6. The number of carbonyl (C=O) groups is 2. The van der Waals surface area contributed by atoms with Crippen LogP contribution in [0.4, 0.5) is 0 Å². The van der Waals surface area contributed by atoms with Crippen molar-refractivity contribution in [2.75, 3.05) is 47.5 Å². The van der Waals surface area contributed by atoms with Gasteiger partial charge in [-0.3, -0.25) is 14.2 Å². The van der Waals surface area contributed by atoms with Crippen LogP contribution in [0.1, 0.15) is 136 Å². The molecule has 0 rings (SSSR count). The van der Waals surface area contributed by atoms with Gasteiger partial charge in [-0.2, -0.15) is 0 Å². The third-order valence-corrected chi connectivity index (χ3v) is 9.48. The summed E-state index contributed by atoms with van der Waals surface area (Å²) in [6.45, 7) is 3.77. The predicted octanol–water partition coefficient (Wildman–Crippen LogP) is 10.4. The van der Waals surface area contributed by atoms with Gasteiger partial charge in [0, 0.05) is 12.8 Å². The predicted molar refractivity (Wildman–Crippen MR) is 232 cm³/mol. The zero-order valence-electron chi connectivity index (χ0n) is 36.1. The maximum atomic E-state index is 12.7. The van der Waals surface area contributed by atoms with Gasteiger partial charge in [-0.15, -0.1) is 0 Å². The number of esters is 2. The van der Waals surface area contributed by atoms with Crippen LogP contribution in [-0.2, 0) is 32.7 Å². The molecule has 0 aliphatic carbocycles. The van der Waals surface area contributed by atoms with Crippen molar-refractivity contribution in [3.8, 4) is 0 Å². The van der Waals surface area contributed by atoms with Crippen LogP contribution in [-0.4, -0.2) is 81.2 Å². The van der Waals surface area contributed by atoms with Crippen molar-refractivity contribution in [1.29, 1.82) is 0 Å². The van der Waals surface area contributed by atoms with Crippen molar-refractivity contribution in [2.45, 2.75) is 148 Å². The molecule has 0 spiro atoms. The number of carbonyl (C=O) groups excluding carboxylic acids is 2. The maximum Gasteiger partial charge on any atom is 0.306 e. The van der Waals surface area contributed by atoms with Gasteiger partial charge in [0.2, 0.25) is 0 Å². The van der Waals surface area contributed by atoms with Crippen molar-refractivity contribution in [3.63, 3.8) is 0 Å². The number of hydrogen-bond acceptors (Lipinski definition) is 9. The van der Waals surface area contributed by atoms with E-state index in [2.05, 4.69) is 74.6 Å². The standard InChI is InChI=1S/C46H78NO9P/c1-6-8-10-12-14-16-18-20-21-22-24-25-27-29-31-33-35-43(48)37-38-46(50)56-44(42-55-57(51,52)54-40-39-47(3,4)5)41-53-45(49)36-34-32-30-28-26-23-19-17-15-13-11-9-7-2/h8,10,14,16-17,19-21,24-25,29,31,33,35,43-44,48H,6-7,9,11-13,15,18,22-23,26-28,30,32,34,36-42H2,1-5H3/b10-8-,16-14-,19-17-,21-20-,25-24-,31-29-,35-33-/t43?,44-/m1/s1. The summed E-state index contributed by atoms with van der Waals surface area (Å²) in [5, 5.41) is 10.3. The number of aliphatic hydroxyl groups is 1. The summed E-state index contributed by atoms with van der Waals surface area (Å²) in [4.78, 5) is 37.5. The van der Waals surface area contributed by atoms with Crippen LogP contribution in [0.3, 0.4) is 0 Å². The first-order chi connectivity index (χ1) is 27.4. The minimum absolute atomic E-state index is 0.0788. The van der Waals surface area contributed by atoms with E-state index >= 15 is 0 Å². The summed E-state index contributed by atoms with van der Waals surface area (Å²) < 4.78 is 33.6. The molecule has 11 heteroatoms. The molecule has 0 aromatic heterocycles. The van der Waals surface area contributed by atoms with Gasteiger partial charge < -0.3 is 33.0 Å². The normalized spacial score (nSPS) is 15.0. The molecule has 2 unspecified atom stereocenters. The highest BCUT2D eigenvalue weighted by Crippen LogP contribution is 2.38. The highest BCUT2D eigenvalue weighted by Gasteiger charge is 2.22. The first-order valence-corrected chi connectivity index (χ1v) is 22.9. The smallest absolute Gasteiger partial charge is 0.306 e. The van der Waals surface area contributed by atoms with Gasteiger partial charge in [-0.1, -0.05) is 137 Å². The summed E-state index contributed by atoms with van der Waals surface area (Å²) >= 11 is 0. The lowest BCUT2D eigenvalue weighted by Gasteiger charge is -2.28. The van der Waals surface area contributed by atoms with E-state index in [4.69, 9.17) is 18.5 Å². The van der Waals surface area contributed by atoms with Crippen LogP contribution in [0.5, 0.6) is 0 Å². The maximum absolute atomic E-state index is 12.7. The summed E-state index contributed by atoms with van der Waals surface area (Å²) in [5.74, 6) is -1.14. The first-order valence-electron chi connectivity index (χ1n) is 21.4. The molecule has 0 aromatic rings. The quantitative estimate of drug-likeness (QED) is 0.0162. The third-order valence-electron chi connectivity index (χ3n) is 8.52. The van der Waals surface area contributed by atoms with E-state index in [1.807, 2.05) is 33.3 Å². The summed E-state index contributed by atoms with van der Waals surface area (Å²) in [6, 6.07) is 0. The highest BCUT2D eigenvalue weighted by molar-refractivity contribution is 7.45. The van der Waals surface area contributed by atoms with E-state index in [-0.39, 0.29) is 32.5 Å². The molecule has 0 aliphatic rings. The Kier molecular flexibility index (Phi) is 35.6. The molecule has 0 fully saturated rings. The number of unbranched alkanes of at least 4 members (excludes halogenated alkanes) is 9. The molecule has 57 heavy (non-hydrogen) atoms. The Morgan fingerprint density at radius 1 is 0.667 bits per heavy atom. The number of hydrogen-bond donors (Lipinski definition) is 1. The average molecular weight is 820 g/mol. The Labute approximate surface area is 346 Å². The van der Waals surface area contributed by atoms with Crippen LogP contribution in [0.15, 0.2) is 85.1 Å². The Morgan fingerprint density at radius 3 is 1.82 bits per heavy atom. The Hall–Kier alpha value is -2.85. The number of allylic oxidation sites excluding steroid dienone is 13. The van der Waals surface area contributed by atoms with Gasteiger partial charge in [0.1, 0.15) is 19.8 Å². The van der Waals surface area contributed by atoms with E-state index in [0.717, 1.165) is 70.6 Å². The molecule has 0 amide bonds. The fraction of sp³-hybridized carbons (Fsp3) is 0.652. The minimum atomic E-state index is -4.70. The zero-order valence-corrected chi connectivity index (χ0v) is 37.0. The van der Waals surface area contributed by atoms with E-state index < -0.39 is 38.6 Å². The molecule has 0 aliphatic heterocycles. The summed E-state index contributed by atoms with van der Waals surface area (Å²) in [7, 11) is 1.00. The largest absolute Gasteiger partial charge is 0.756 e. The minimum Gasteiger partial charge on any atom is -0.756 e. The number of rotatable bonds is 37. The molecular weight excluding hydrogens is 741 g/mol. The van der Waals surface area contributed by atoms with Crippen LogP contribution in [0, 0.1) is 0 Å². The highest BCUT2D eigenvalue weighted by atomic mass is 31.2. The molecule has 1 N–H and O–H groups in total. The fourth-order valence-electron chi connectivity index (χ4n) is 5.11. The lowest BCUT2D eigenvalue weighted by molar-refractivity contribution is -0.870. The van der Waals surface area contributed by atoms with E-state index in [0.29, 0.717) is 17.4 Å². The summed E-state index contributed by atoms with van der Waals surface area (Å²) in [5.41, 5.74) is 0. The lowest BCUT2D eigenvalue weighted by atomic mass is 10.1. The molecule has 0 saturated heterocycles. The van der Waals surface area contributed by atoms with Gasteiger partial charge in [0.05, 0.1) is 33.9 Å². The topological polar surface area (TPSA) is 131 Å². The number of aliphatic hydroxyl groups excluding tert-OH is 1. The van der Waals surface area contributed by atoms with Crippen molar-refractivity contribution in [3.05, 3.63) is 85.1 Å². The average Bonchev–Trinajstić information content (AvgIpc) is 3.16. The van der Waals surface area contributed by atoms with Gasteiger partial charge in [0.25, 0.3) is 7.82 Å². The van der Waals surface area contributed by atoms with Crippen molar-refractivity contribution < 1.29 is 47.2 Å². The molecule has 10 nitrogen and oxygen atoms in total. The molecule has 0 bridgehead atoms. The number of quaternary nitrogens is 1. The number of nitrogens with zero attached hydrogens (tertiary/aromatic N) is 1. The van der Waals surface area contributed by atoms with Crippen molar-refractivity contribution in [1.82, 2.24) is 0 Å². The third kappa shape index (κ3) is 41.1. The molecule has 326 valence electrons. The van der Waals surface area contributed by atoms with Gasteiger partial charge in [-0.25, -0.2) is 0 Å². The second kappa shape index (κ2) is 37.4. The molecular formula is C46H78NO9P. The van der Waals surface area contributed by atoms with Gasteiger partial charge in [-0.05, 0) is 70.6 Å². The lowest BCUT2D eigenvalue weighted by Crippen LogP contribution is -2.37. The number of likely N-dealkylation sites (N-methyl/N-ethyl adjacent to an activating group) is 1. The summed E-state index contributed by atoms with van der Waals surface area (Å²) in [6.07, 6.45) is 43.7. The van der Waals surface area contributed by atoms with Crippen molar-refractivity contribution >= 4 is 19.8 Å². The second-order valence-electron chi connectivity index (χ2n) is 15.2. The zero-order chi connectivity index (χ0) is 42.3. The Balaban J connectivity index is 4.66. The number of ether oxygens (including phenoxy) is 2. The Bertz CT molecular complexity index is 1260. The SMILES string of the molecule is CC/C=C\C/C=C\C/C=C\C/C=C\C/C=C\C=C/C(O)CCC(=O)O[C@H](COC(=O)CCCCCCC/C=C\CCCCCC)COP(=O)([O-])OCC[N+](C)(C)C. The molecule has 0 aromatic carbocycles. The van der Waals surface area contributed by atoms with E-state index in [1.165, 1.54) is 25.7 Å².